The Morgan fingerprint density at radius 3 is 2.05 bits per heavy atom. The van der Waals surface area contributed by atoms with Crippen molar-refractivity contribution in [2.75, 3.05) is 0 Å². The van der Waals surface area contributed by atoms with E-state index in [-0.39, 0.29) is 16.6 Å². The van der Waals surface area contributed by atoms with Crippen molar-refractivity contribution >= 4 is 16.9 Å². The topological polar surface area (TPSA) is 50.4 Å². The van der Waals surface area contributed by atoms with E-state index in [4.69, 9.17) is 4.42 Å². The minimum atomic E-state index is -1.01. The van der Waals surface area contributed by atoms with Crippen molar-refractivity contribution in [3.63, 3.8) is 0 Å². The van der Waals surface area contributed by atoms with E-state index in [1.807, 2.05) is 27.7 Å². The molecule has 2 aromatic rings. The minimum absolute atomic E-state index is 0.00869. The average molecular weight is 288 g/mol. The third kappa shape index (κ3) is 2.69. The van der Waals surface area contributed by atoms with Gasteiger partial charge in [0.15, 0.2) is 0 Å². The highest BCUT2D eigenvalue weighted by atomic mass is 16.4. The molecule has 21 heavy (non-hydrogen) atoms. The van der Waals surface area contributed by atoms with Crippen molar-refractivity contribution in [3.8, 4) is 0 Å². The smallest absolute Gasteiger partial charge is 0.372 e. The summed E-state index contributed by atoms with van der Waals surface area (Å²) in [6.07, 6.45) is 0. The van der Waals surface area contributed by atoms with Gasteiger partial charge in [0.05, 0.1) is 0 Å². The second-order valence-corrected chi connectivity index (χ2v) is 7.78. The molecular formula is C18H24O3. The van der Waals surface area contributed by atoms with Gasteiger partial charge in [0.2, 0.25) is 5.76 Å². The van der Waals surface area contributed by atoms with Gasteiger partial charge in [0, 0.05) is 10.9 Å². The number of aryl methyl sites for hydroxylation is 1. The Bertz CT molecular complexity index is 707. The highest BCUT2D eigenvalue weighted by Gasteiger charge is 2.30. The second-order valence-electron chi connectivity index (χ2n) is 7.78. The summed E-state index contributed by atoms with van der Waals surface area (Å²) < 4.78 is 5.69. The highest BCUT2D eigenvalue weighted by molar-refractivity contribution is 5.97. The first kappa shape index (κ1) is 15.6. The van der Waals surface area contributed by atoms with Crippen molar-refractivity contribution < 1.29 is 14.3 Å². The molecule has 0 spiro atoms. The van der Waals surface area contributed by atoms with E-state index in [2.05, 4.69) is 32.9 Å². The first-order valence-corrected chi connectivity index (χ1v) is 7.24. The van der Waals surface area contributed by atoms with Crippen molar-refractivity contribution in [1.82, 2.24) is 0 Å². The molecular weight excluding hydrogens is 264 g/mol. The van der Waals surface area contributed by atoms with Crippen LogP contribution in [0.1, 0.15) is 68.8 Å². The van der Waals surface area contributed by atoms with Crippen LogP contribution in [0.15, 0.2) is 16.5 Å². The lowest BCUT2D eigenvalue weighted by Gasteiger charge is -2.22. The van der Waals surface area contributed by atoms with Crippen LogP contribution in [0.3, 0.4) is 0 Å². The molecule has 1 aromatic carbocycles. The van der Waals surface area contributed by atoms with E-state index >= 15 is 0 Å². The molecule has 0 unspecified atom stereocenters. The van der Waals surface area contributed by atoms with Crippen LogP contribution in [0.4, 0.5) is 0 Å². The summed E-state index contributed by atoms with van der Waals surface area (Å²) in [7, 11) is 0. The lowest BCUT2D eigenvalue weighted by molar-refractivity contribution is 0.0661. The van der Waals surface area contributed by atoms with Crippen LogP contribution in [0.5, 0.6) is 0 Å². The van der Waals surface area contributed by atoms with E-state index in [1.54, 1.807) is 0 Å². The number of furan rings is 1. The lowest BCUT2D eigenvalue weighted by atomic mass is 9.81. The molecule has 1 N–H and O–H groups in total. The molecule has 1 aromatic heterocycles. The molecule has 0 amide bonds. The van der Waals surface area contributed by atoms with Gasteiger partial charge in [0.25, 0.3) is 0 Å². The van der Waals surface area contributed by atoms with Gasteiger partial charge in [-0.1, -0.05) is 47.6 Å². The van der Waals surface area contributed by atoms with Gasteiger partial charge in [-0.3, -0.25) is 0 Å². The van der Waals surface area contributed by atoms with Gasteiger partial charge in [0.1, 0.15) is 5.58 Å². The van der Waals surface area contributed by atoms with Crippen LogP contribution >= 0.6 is 0 Å². The van der Waals surface area contributed by atoms with Crippen LogP contribution in [-0.4, -0.2) is 11.1 Å². The Kier molecular flexibility index (Phi) is 3.43. The molecule has 114 valence electrons. The van der Waals surface area contributed by atoms with E-state index in [1.165, 1.54) is 5.56 Å². The molecule has 0 bridgehead atoms. The number of carboxylic acid groups (broad SMARTS) is 1. The maximum Gasteiger partial charge on any atom is 0.372 e. The molecule has 0 atom stereocenters. The standard InChI is InChI=1S/C18H24O3/c1-10-8-11(17(2,3)4)9-12-13(18(5,6)7)15(16(19)20)21-14(10)12/h8-9H,1-7H3,(H,19,20). The predicted molar refractivity (Wildman–Crippen MR) is 85.3 cm³/mol. The third-order valence-electron chi connectivity index (χ3n) is 3.79. The quantitative estimate of drug-likeness (QED) is 0.800. The zero-order valence-electron chi connectivity index (χ0n) is 13.9. The molecule has 0 saturated carbocycles. The number of hydrogen-bond acceptors (Lipinski definition) is 2. The Hall–Kier alpha value is -1.77. The zero-order chi connectivity index (χ0) is 16.2. The molecule has 0 aliphatic rings. The maximum atomic E-state index is 11.5. The molecule has 0 aliphatic heterocycles. The van der Waals surface area contributed by atoms with Gasteiger partial charge in [-0.05, 0) is 34.9 Å². The predicted octanol–water partition coefficient (Wildman–Crippen LogP) is 5.03. The minimum Gasteiger partial charge on any atom is -0.475 e. The third-order valence-corrected chi connectivity index (χ3v) is 3.79. The number of fused-ring (bicyclic) bond motifs is 1. The number of carbonyl (C=O) groups is 1. The lowest BCUT2D eigenvalue weighted by Crippen LogP contribution is -2.16. The number of rotatable bonds is 1. The second kappa shape index (κ2) is 4.62. The van der Waals surface area contributed by atoms with Crippen molar-refractivity contribution in [2.45, 2.75) is 59.3 Å². The molecule has 2 rings (SSSR count). The molecule has 0 aliphatic carbocycles. The van der Waals surface area contributed by atoms with Gasteiger partial charge in [-0.15, -0.1) is 0 Å². The summed E-state index contributed by atoms with van der Waals surface area (Å²) in [6, 6.07) is 4.17. The van der Waals surface area contributed by atoms with E-state index < -0.39 is 5.97 Å². The van der Waals surface area contributed by atoms with Crippen LogP contribution in [-0.2, 0) is 10.8 Å². The summed E-state index contributed by atoms with van der Waals surface area (Å²) in [5, 5.41) is 10.4. The van der Waals surface area contributed by atoms with E-state index in [0.29, 0.717) is 5.58 Å². The molecule has 0 saturated heterocycles. The van der Waals surface area contributed by atoms with Crippen molar-refractivity contribution in [1.29, 1.82) is 0 Å². The molecule has 0 radical (unpaired) electrons. The fourth-order valence-electron chi connectivity index (χ4n) is 2.70. The fourth-order valence-corrected chi connectivity index (χ4v) is 2.70. The van der Waals surface area contributed by atoms with Crippen LogP contribution in [0.2, 0.25) is 0 Å². The molecule has 0 fully saturated rings. The summed E-state index contributed by atoms with van der Waals surface area (Å²) >= 11 is 0. The molecule has 1 heterocycles. The Morgan fingerprint density at radius 2 is 1.62 bits per heavy atom. The number of aromatic carboxylic acids is 1. The maximum absolute atomic E-state index is 11.5. The van der Waals surface area contributed by atoms with Gasteiger partial charge in [-0.25, -0.2) is 4.79 Å². The van der Waals surface area contributed by atoms with Crippen molar-refractivity contribution in [2.24, 2.45) is 0 Å². The fraction of sp³-hybridized carbons (Fsp3) is 0.500. The first-order chi connectivity index (χ1) is 9.43. The normalized spacial score (nSPS) is 12.9. The highest BCUT2D eigenvalue weighted by Crippen LogP contribution is 2.39. The van der Waals surface area contributed by atoms with E-state index in [9.17, 15) is 9.90 Å². The zero-order valence-corrected chi connectivity index (χ0v) is 13.9. The first-order valence-electron chi connectivity index (χ1n) is 7.24. The van der Waals surface area contributed by atoms with Crippen LogP contribution < -0.4 is 0 Å². The van der Waals surface area contributed by atoms with E-state index in [0.717, 1.165) is 16.5 Å². The largest absolute Gasteiger partial charge is 0.475 e. The molecule has 3 heteroatoms. The monoisotopic (exact) mass is 288 g/mol. The summed E-state index contributed by atoms with van der Waals surface area (Å²) in [5.41, 5.74) is 3.35. The number of hydrogen-bond donors (Lipinski definition) is 1. The Labute approximate surface area is 126 Å². The van der Waals surface area contributed by atoms with Crippen LogP contribution in [0, 0.1) is 6.92 Å². The number of benzene rings is 1. The Morgan fingerprint density at radius 1 is 1.05 bits per heavy atom. The van der Waals surface area contributed by atoms with Crippen molar-refractivity contribution in [3.05, 3.63) is 34.6 Å². The summed E-state index contributed by atoms with van der Waals surface area (Å²) in [5.74, 6) is -0.945. The molecule has 3 nitrogen and oxygen atoms in total. The average Bonchev–Trinajstić information content (AvgIpc) is 2.67. The van der Waals surface area contributed by atoms with Gasteiger partial charge in [-0.2, -0.15) is 0 Å². The van der Waals surface area contributed by atoms with Crippen LogP contribution in [0.25, 0.3) is 11.0 Å². The Balaban J connectivity index is 2.93. The van der Waals surface area contributed by atoms with Gasteiger partial charge < -0.3 is 9.52 Å². The summed E-state index contributed by atoms with van der Waals surface area (Å²) in [4.78, 5) is 11.5. The summed E-state index contributed by atoms with van der Waals surface area (Å²) in [6.45, 7) is 14.5. The number of carboxylic acids is 1. The SMILES string of the molecule is Cc1cc(C(C)(C)C)cc2c(C(C)(C)C)c(C(=O)O)oc12. The van der Waals surface area contributed by atoms with Gasteiger partial charge >= 0.3 is 5.97 Å².